The number of aliphatic hydroxyl groups is 2. The Bertz CT molecular complexity index is 473. The van der Waals surface area contributed by atoms with Gasteiger partial charge in [0.2, 0.25) is 0 Å². The summed E-state index contributed by atoms with van der Waals surface area (Å²) in [6.07, 6.45) is -3.81. The first-order chi connectivity index (χ1) is 8.32. The molecule has 0 radical (unpaired) electrons. The van der Waals surface area contributed by atoms with Gasteiger partial charge in [-0.2, -0.15) is 0 Å². The summed E-state index contributed by atoms with van der Waals surface area (Å²) < 4.78 is 0.503. The van der Waals surface area contributed by atoms with E-state index in [1.54, 1.807) is 0 Å². The minimum atomic E-state index is -1.57. The quantitative estimate of drug-likeness (QED) is 0.644. The van der Waals surface area contributed by atoms with E-state index in [1.807, 2.05) is 0 Å². The molecule has 0 aliphatic carbocycles. The SMILES string of the molecule is O=C(O)CC(O)C(O)c1ccc(Br)cc1C(=O)O. The van der Waals surface area contributed by atoms with Crippen molar-refractivity contribution in [2.24, 2.45) is 0 Å². The maximum absolute atomic E-state index is 11.0. The molecule has 0 aliphatic rings. The van der Waals surface area contributed by atoms with Crippen LogP contribution in [-0.4, -0.2) is 38.5 Å². The highest BCUT2D eigenvalue weighted by atomic mass is 79.9. The average Bonchev–Trinajstić information content (AvgIpc) is 2.26. The fraction of sp³-hybridized carbons (Fsp3) is 0.273. The van der Waals surface area contributed by atoms with Crippen molar-refractivity contribution in [1.82, 2.24) is 0 Å². The van der Waals surface area contributed by atoms with Crippen molar-refractivity contribution in [3.05, 3.63) is 33.8 Å². The number of carboxylic acid groups (broad SMARTS) is 2. The highest BCUT2D eigenvalue weighted by molar-refractivity contribution is 9.10. The third-order valence-electron chi connectivity index (χ3n) is 2.31. The number of aliphatic carboxylic acids is 1. The van der Waals surface area contributed by atoms with Crippen LogP contribution in [0.2, 0.25) is 0 Å². The lowest BCUT2D eigenvalue weighted by Crippen LogP contribution is -2.23. The van der Waals surface area contributed by atoms with E-state index in [1.165, 1.54) is 18.2 Å². The van der Waals surface area contributed by atoms with Crippen LogP contribution in [0, 0.1) is 0 Å². The van der Waals surface area contributed by atoms with Crippen LogP contribution in [0.15, 0.2) is 22.7 Å². The minimum absolute atomic E-state index is 0.0283. The Labute approximate surface area is 111 Å². The van der Waals surface area contributed by atoms with E-state index in [4.69, 9.17) is 10.2 Å². The van der Waals surface area contributed by atoms with Crippen LogP contribution >= 0.6 is 15.9 Å². The lowest BCUT2D eigenvalue weighted by molar-refractivity contribution is -0.141. The number of rotatable bonds is 5. The van der Waals surface area contributed by atoms with Gasteiger partial charge < -0.3 is 20.4 Å². The Morgan fingerprint density at radius 3 is 2.33 bits per heavy atom. The van der Waals surface area contributed by atoms with Gasteiger partial charge in [0.25, 0.3) is 0 Å². The minimum Gasteiger partial charge on any atom is -0.481 e. The third-order valence-corrected chi connectivity index (χ3v) is 2.81. The number of benzene rings is 1. The fourth-order valence-electron chi connectivity index (χ4n) is 1.47. The number of carboxylic acids is 2. The molecular weight excluding hydrogens is 308 g/mol. The van der Waals surface area contributed by atoms with Crippen LogP contribution in [0.4, 0.5) is 0 Å². The van der Waals surface area contributed by atoms with Gasteiger partial charge >= 0.3 is 11.9 Å². The highest BCUT2D eigenvalue weighted by Gasteiger charge is 2.25. The average molecular weight is 319 g/mol. The number of hydrogen-bond acceptors (Lipinski definition) is 4. The van der Waals surface area contributed by atoms with Crippen LogP contribution in [0.1, 0.15) is 28.4 Å². The largest absolute Gasteiger partial charge is 0.481 e. The van der Waals surface area contributed by atoms with Crippen molar-refractivity contribution in [3.8, 4) is 0 Å². The van der Waals surface area contributed by atoms with Gasteiger partial charge in [-0.1, -0.05) is 22.0 Å². The first kappa shape index (κ1) is 14.6. The molecule has 1 aromatic rings. The molecule has 1 rings (SSSR count). The second-order valence-electron chi connectivity index (χ2n) is 3.65. The summed E-state index contributed by atoms with van der Waals surface area (Å²) in [5.74, 6) is -2.55. The van der Waals surface area contributed by atoms with E-state index < -0.39 is 30.6 Å². The van der Waals surface area contributed by atoms with Crippen LogP contribution < -0.4 is 0 Å². The Balaban J connectivity index is 3.08. The molecule has 0 saturated carbocycles. The standard InChI is InChI=1S/C11H11BrO6/c12-5-1-2-6(7(3-5)11(17)18)10(16)8(13)4-9(14)15/h1-3,8,10,13,16H,4H2,(H,14,15)(H,17,18). The molecule has 98 valence electrons. The molecule has 0 bridgehead atoms. The van der Waals surface area contributed by atoms with E-state index in [-0.39, 0.29) is 11.1 Å². The zero-order valence-corrected chi connectivity index (χ0v) is 10.7. The normalized spacial score (nSPS) is 13.9. The number of aromatic carboxylic acids is 1. The molecule has 1 aromatic carbocycles. The first-order valence-corrected chi connectivity index (χ1v) is 5.73. The van der Waals surface area contributed by atoms with Gasteiger partial charge in [-0.25, -0.2) is 4.79 Å². The van der Waals surface area contributed by atoms with Crippen LogP contribution in [-0.2, 0) is 4.79 Å². The van der Waals surface area contributed by atoms with Crippen molar-refractivity contribution >= 4 is 27.9 Å². The van der Waals surface area contributed by atoms with E-state index in [2.05, 4.69) is 15.9 Å². The maximum Gasteiger partial charge on any atom is 0.336 e. The van der Waals surface area contributed by atoms with Gasteiger partial charge in [-0.05, 0) is 17.7 Å². The smallest absolute Gasteiger partial charge is 0.336 e. The number of aliphatic hydroxyl groups excluding tert-OH is 2. The summed E-state index contributed by atoms with van der Waals surface area (Å²) in [5.41, 5.74) is -0.222. The zero-order chi connectivity index (χ0) is 13.9. The van der Waals surface area contributed by atoms with E-state index in [0.29, 0.717) is 4.47 Å². The lowest BCUT2D eigenvalue weighted by Gasteiger charge is -2.18. The van der Waals surface area contributed by atoms with E-state index in [0.717, 1.165) is 0 Å². The molecule has 0 amide bonds. The molecule has 2 atom stereocenters. The molecule has 2 unspecified atom stereocenters. The molecule has 0 aromatic heterocycles. The molecule has 0 spiro atoms. The van der Waals surface area contributed by atoms with Gasteiger partial charge in [-0.3, -0.25) is 4.79 Å². The van der Waals surface area contributed by atoms with Crippen LogP contribution in [0.5, 0.6) is 0 Å². The molecule has 4 N–H and O–H groups in total. The topological polar surface area (TPSA) is 115 Å². The number of carbonyl (C=O) groups is 2. The molecule has 0 fully saturated rings. The van der Waals surface area contributed by atoms with E-state index in [9.17, 15) is 19.8 Å². The molecule has 0 aliphatic heterocycles. The number of halogens is 1. The third kappa shape index (κ3) is 3.52. The van der Waals surface area contributed by atoms with Gasteiger partial charge in [0.1, 0.15) is 6.10 Å². The van der Waals surface area contributed by atoms with Crippen molar-refractivity contribution in [2.75, 3.05) is 0 Å². The first-order valence-electron chi connectivity index (χ1n) is 4.93. The van der Waals surface area contributed by atoms with Gasteiger partial charge in [0, 0.05) is 4.47 Å². The summed E-state index contributed by atoms with van der Waals surface area (Å²) >= 11 is 3.09. The summed E-state index contributed by atoms with van der Waals surface area (Å²) in [4.78, 5) is 21.4. The van der Waals surface area contributed by atoms with E-state index >= 15 is 0 Å². The second kappa shape index (κ2) is 5.94. The Morgan fingerprint density at radius 1 is 1.22 bits per heavy atom. The summed E-state index contributed by atoms with van der Waals surface area (Å²) in [7, 11) is 0. The monoisotopic (exact) mass is 318 g/mol. The predicted octanol–water partition coefficient (Wildman–Crippen LogP) is 1.02. The van der Waals surface area contributed by atoms with Gasteiger partial charge in [0.05, 0.1) is 18.1 Å². The molecule has 7 heteroatoms. The van der Waals surface area contributed by atoms with Crippen molar-refractivity contribution in [2.45, 2.75) is 18.6 Å². The molecular formula is C11H11BrO6. The molecule has 18 heavy (non-hydrogen) atoms. The molecule has 0 heterocycles. The molecule has 6 nitrogen and oxygen atoms in total. The van der Waals surface area contributed by atoms with Gasteiger partial charge in [-0.15, -0.1) is 0 Å². The van der Waals surface area contributed by atoms with Crippen LogP contribution in [0.25, 0.3) is 0 Å². The second-order valence-corrected chi connectivity index (χ2v) is 4.56. The zero-order valence-electron chi connectivity index (χ0n) is 9.08. The maximum atomic E-state index is 11.0. The van der Waals surface area contributed by atoms with Crippen molar-refractivity contribution in [1.29, 1.82) is 0 Å². The Hall–Kier alpha value is -1.44. The van der Waals surface area contributed by atoms with Crippen molar-refractivity contribution < 1.29 is 30.0 Å². The highest BCUT2D eigenvalue weighted by Crippen LogP contribution is 2.25. The fourth-order valence-corrected chi connectivity index (χ4v) is 1.83. The predicted molar refractivity (Wildman–Crippen MR) is 64.3 cm³/mol. The van der Waals surface area contributed by atoms with Crippen LogP contribution in [0.3, 0.4) is 0 Å². The Morgan fingerprint density at radius 2 is 1.83 bits per heavy atom. The van der Waals surface area contributed by atoms with Crippen molar-refractivity contribution in [3.63, 3.8) is 0 Å². The Kier molecular flexibility index (Phi) is 4.83. The summed E-state index contributed by atoms with van der Waals surface area (Å²) in [5, 5.41) is 36.7. The number of hydrogen-bond donors (Lipinski definition) is 4. The lowest BCUT2D eigenvalue weighted by atomic mass is 9.97. The summed E-state index contributed by atoms with van der Waals surface area (Å²) in [6.45, 7) is 0. The summed E-state index contributed by atoms with van der Waals surface area (Å²) in [6, 6.07) is 4.09. The van der Waals surface area contributed by atoms with Gasteiger partial charge in [0.15, 0.2) is 0 Å². The molecule has 0 saturated heterocycles.